The number of pyridine rings is 1. The average Bonchev–Trinajstić information content (AvgIpc) is 3.36. The first-order valence-corrected chi connectivity index (χ1v) is 11.2. The van der Waals surface area contributed by atoms with Gasteiger partial charge < -0.3 is 5.32 Å². The Bertz CT molecular complexity index is 1520. The minimum atomic E-state index is -3.60. The van der Waals surface area contributed by atoms with Gasteiger partial charge in [-0.2, -0.15) is 0 Å². The standard InChI is InChI=1S/C21H16N6O3S/c1-31(29,30)21-25-18(17-5-2-3-12-27(17)21)19(28)23-15-8-6-14(7-9-15)16-13-26-11-4-10-22-20(26)24-16/h2-13H,1H3,(H,23,28). The van der Waals surface area contributed by atoms with E-state index in [0.29, 0.717) is 17.0 Å². The molecule has 0 aliphatic rings. The third kappa shape index (κ3) is 3.42. The van der Waals surface area contributed by atoms with Gasteiger partial charge in [-0.15, -0.1) is 0 Å². The number of benzene rings is 1. The number of rotatable bonds is 4. The zero-order valence-corrected chi connectivity index (χ0v) is 17.1. The fourth-order valence-corrected chi connectivity index (χ4v) is 4.10. The second kappa shape index (κ2) is 7.03. The quantitative estimate of drug-likeness (QED) is 0.467. The molecule has 154 valence electrons. The molecule has 0 radical (unpaired) electrons. The number of hydrogen-bond acceptors (Lipinski definition) is 6. The van der Waals surface area contributed by atoms with E-state index >= 15 is 0 Å². The third-order valence-electron chi connectivity index (χ3n) is 4.74. The number of amides is 1. The summed E-state index contributed by atoms with van der Waals surface area (Å²) in [4.78, 5) is 25.6. The van der Waals surface area contributed by atoms with Crippen LogP contribution in [0.2, 0.25) is 0 Å². The molecule has 0 unspecified atom stereocenters. The molecule has 1 N–H and O–H groups in total. The van der Waals surface area contributed by atoms with Crippen molar-refractivity contribution in [2.45, 2.75) is 5.16 Å². The smallest absolute Gasteiger partial charge is 0.276 e. The molecule has 0 bridgehead atoms. The monoisotopic (exact) mass is 432 g/mol. The van der Waals surface area contributed by atoms with E-state index in [1.54, 1.807) is 42.7 Å². The lowest BCUT2D eigenvalue weighted by atomic mass is 10.1. The van der Waals surface area contributed by atoms with Crippen LogP contribution in [-0.2, 0) is 9.84 Å². The molecule has 0 spiro atoms. The lowest BCUT2D eigenvalue weighted by Crippen LogP contribution is -2.13. The Morgan fingerprint density at radius 2 is 1.81 bits per heavy atom. The first-order chi connectivity index (χ1) is 14.9. The summed E-state index contributed by atoms with van der Waals surface area (Å²) in [5.41, 5.74) is 2.63. The molecule has 31 heavy (non-hydrogen) atoms. The van der Waals surface area contributed by atoms with Gasteiger partial charge in [0.15, 0.2) is 5.69 Å². The molecule has 0 aliphatic carbocycles. The van der Waals surface area contributed by atoms with Crippen LogP contribution in [0.1, 0.15) is 10.5 Å². The number of aromatic nitrogens is 5. The van der Waals surface area contributed by atoms with E-state index in [-0.39, 0.29) is 10.9 Å². The van der Waals surface area contributed by atoms with Crippen LogP contribution in [0.25, 0.3) is 22.6 Å². The summed E-state index contributed by atoms with van der Waals surface area (Å²) in [5, 5.41) is 2.60. The molecule has 5 rings (SSSR count). The van der Waals surface area contributed by atoms with Gasteiger partial charge >= 0.3 is 0 Å². The molecule has 0 aliphatic heterocycles. The maximum atomic E-state index is 12.8. The van der Waals surface area contributed by atoms with Crippen LogP contribution in [0.5, 0.6) is 0 Å². The van der Waals surface area contributed by atoms with Crippen molar-refractivity contribution < 1.29 is 13.2 Å². The molecule has 4 aromatic heterocycles. The van der Waals surface area contributed by atoms with Gasteiger partial charge in [-0.3, -0.25) is 13.6 Å². The zero-order valence-electron chi connectivity index (χ0n) is 16.3. The molecule has 9 nitrogen and oxygen atoms in total. The average molecular weight is 432 g/mol. The number of carbonyl (C=O) groups is 1. The Balaban J connectivity index is 1.43. The van der Waals surface area contributed by atoms with Crippen molar-refractivity contribution in [3.05, 3.63) is 79.0 Å². The molecule has 1 amide bonds. The summed E-state index contributed by atoms with van der Waals surface area (Å²) in [7, 11) is -3.60. The lowest BCUT2D eigenvalue weighted by Gasteiger charge is -2.05. The third-order valence-corrected chi connectivity index (χ3v) is 5.69. The lowest BCUT2D eigenvalue weighted by molar-refractivity contribution is 0.102. The molecular weight excluding hydrogens is 416 g/mol. The van der Waals surface area contributed by atoms with Crippen molar-refractivity contribution in [1.29, 1.82) is 0 Å². The van der Waals surface area contributed by atoms with Gasteiger partial charge in [0.05, 0.1) is 11.2 Å². The van der Waals surface area contributed by atoms with Gasteiger partial charge in [-0.05, 0) is 30.3 Å². The van der Waals surface area contributed by atoms with Crippen molar-refractivity contribution in [3.63, 3.8) is 0 Å². The molecule has 0 fully saturated rings. The fourth-order valence-electron chi connectivity index (χ4n) is 3.32. The van der Waals surface area contributed by atoms with Crippen LogP contribution in [0.4, 0.5) is 5.69 Å². The Hall–Kier alpha value is -4.05. The normalized spacial score (nSPS) is 11.8. The minimum absolute atomic E-state index is 0.0385. The maximum absolute atomic E-state index is 12.8. The predicted molar refractivity (Wildman–Crippen MR) is 115 cm³/mol. The fraction of sp³-hybridized carbons (Fsp3) is 0.0476. The van der Waals surface area contributed by atoms with Crippen LogP contribution in [0.3, 0.4) is 0 Å². The van der Waals surface area contributed by atoms with E-state index < -0.39 is 15.7 Å². The van der Waals surface area contributed by atoms with Crippen molar-refractivity contribution in [2.75, 3.05) is 11.6 Å². The van der Waals surface area contributed by atoms with Gasteiger partial charge in [0.25, 0.3) is 5.91 Å². The summed E-state index contributed by atoms with van der Waals surface area (Å²) in [6.07, 6.45) is 8.05. The highest BCUT2D eigenvalue weighted by molar-refractivity contribution is 7.90. The number of fused-ring (bicyclic) bond motifs is 2. The predicted octanol–water partition coefficient (Wildman–Crippen LogP) is 2.70. The second-order valence-electron chi connectivity index (χ2n) is 6.96. The van der Waals surface area contributed by atoms with E-state index in [1.807, 2.05) is 35.0 Å². The highest BCUT2D eigenvalue weighted by Crippen LogP contribution is 2.22. The summed E-state index contributed by atoms with van der Waals surface area (Å²) in [6.45, 7) is 0. The minimum Gasteiger partial charge on any atom is -0.321 e. The molecule has 1 aromatic carbocycles. The van der Waals surface area contributed by atoms with E-state index in [9.17, 15) is 13.2 Å². The van der Waals surface area contributed by atoms with E-state index in [1.165, 1.54) is 4.40 Å². The van der Waals surface area contributed by atoms with Crippen molar-refractivity contribution in [2.24, 2.45) is 0 Å². The molecule has 0 atom stereocenters. The van der Waals surface area contributed by atoms with E-state index in [4.69, 9.17) is 0 Å². The number of sulfone groups is 1. The van der Waals surface area contributed by atoms with Gasteiger partial charge in [-0.1, -0.05) is 18.2 Å². The number of anilines is 1. The number of carbonyl (C=O) groups excluding carboxylic acids is 1. The summed E-state index contributed by atoms with van der Waals surface area (Å²) >= 11 is 0. The number of nitrogens with zero attached hydrogens (tertiary/aromatic N) is 5. The number of nitrogens with one attached hydrogen (secondary N) is 1. The highest BCUT2D eigenvalue weighted by Gasteiger charge is 2.22. The zero-order chi connectivity index (χ0) is 21.6. The Kier molecular flexibility index (Phi) is 4.29. The molecule has 0 saturated carbocycles. The highest BCUT2D eigenvalue weighted by atomic mass is 32.2. The largest absolute Gasteiger partial charge is 0.321 e. The van der Waals surface area contributed by atoms with Crippen LogP contribution in [-0.4, -0.2) is 44.3 Å². The topological polar surface area (TPSA) is 111 Å². The molecule has 10 heteroatoms. The Labute approximate surface area is 177 Å². The van der Waals surface area contributed by atoms with E-state index in [0.717, 1.165) is 17.5 Å². The molecule has 0 saturated heterocycles. The van der Waals surface area contributed by atoms with Crippen molar-refractivity contribution in [3.8, 4) is 11.3 Å². The van der Waals surface area contributed by atoms with Crippen LogP contribution in [0.15, 0.2) is 78.5 Å². The summed E-state index contributed by atoms with van der Waals surface area (Å²) < 4.78 is 27.3. The summed E-state index contributed by atoms with van der Waals surface area (Å²) in [5.74, 6) is 0.103. The maximum Gasteiger partial charge on any atom is 0.276 e. The van der Waals surface area contributed by atoms with Crippen molar-refractivity contribution >= 4 is 32.7 Å². The second-order valence-corrected chi connectivity index (χ2v) is 8.87. The first kappa shape index (κ1) is 18.9. The molecule has 4 heterocycles. The molecular formula is C21H16N6O3S. The Morgan fingerprint density at radius 3 is 2.55 bits per heavy atom. The number of hydrogen-bond donors (Lipinski definition) is 1. The van der Waals surface area contributed by atoms with Crippen LogP contribution >= 0.6 is 0 Å². The number of imidazole rings is 2. The van der Waals surface area contributed by atoms with E-state index in [2.05, 4.69) is 20.3 Å². The van der Waals surface area contributed by atoms with Gasteiger partial charge in [0, 0.05) is 42.3 Å². The summed E-state index contributed by atoms with van der Waals surface area (Å²) in [6, 6.07) is 14.1. The van der Waals surface area contributed by atoms with Crippen LogP contribution < -0.4 is 5.32 Å². The first-order valence-electron chi connectivity index (χ1n) is 9.29. The van der Waals surface area contributed by atoms with Crippen LogP contribution in [0, 0.1) is 0 Å². The van der Waals surface area contributed by atoms with Gasteiger partial charge in [0.1, 0.15) is 0 Å². The Morgan fingerprint density at radius 1 is 1.00 bits per heavy atom. The SMILES string of the molecule is CS(=O)(=O)c1nc(C(=O)Nc2ccc(-c3cn4cccnc4n3)cc2)c2ccccn12. The van der Waals surface area contributed by atoms with Gasteiger partial charge in [-0.25, -0.2) is 23.4 Å². The van der Waals surface area contributed by atoms with Gasteiger partial charge in [0.2, 0.25) is 20.8 Å². The molecule has 5 aromatic rings. The van der Waals surface area contributed by atoms with Crippen molar-refractivity contribution in [1.82, 2.24) is 23.8 Å².